The van der Waals surface area contributed by atoms with Gasteiger partial charge in [-0.1, -0.05) is 124 Å². The number of rotatable bonds is 8. The van der Waals surface area contributed by atoms with Crippen LogP contribution in [0.5, 0.6) is 0 Å². The van der Waals surface area contributed by atoms with Crippen molar-refractivity contribution < 1.29 is 8.83 Å². The average Bonchev–Trinajstić information content (AvgIpc) is 3.77. The van der Waals surface area contributed by atoms with Crippen LogP contribution >= 0.6 is 0 Å². The number of anilines is 4. The molecule has 1 aliphatic carbocycles. The quantitative estimate of drug-likeness (QED) is 0.148. The largest absolute Gasteiger partial charge is 0.454 e. The molecule has 262 valence electrons. The lowest BCUT2D eigenvalue weighted by atomic mass is 9.78. The summed E-state index contributed by atoms with van der Waals surface area (Å²) in [5.41, 5.74) is 13.4. The highest BCUT2D eigenvalue weighted by Gasteiger charge is 2.27. The molecular weight excluding hydrogens is 646 g/mol. The lowest BCUT2D eigenvalue weighted by Crippen LogP contribution is -2.21. The predicted octanol–water partition coefficient (Wildman–Crippen LogP) is 11.7. The van der Waals surface area contributed by atoms with Crippen molar-refractivity contribution in [1.29, 1.82) is 0 Å². The summed E-state index contributed by atoms with van der Waals surface area (Å²) in [5, 5.41) is 4.72. The van der Waals surface area contributed by atoms with Gasteiger partial charge >= 0.3 is 0 Å². The van der Waals surface area contributed by atoms with Gasteiger partial charge in [-0.3, -0.25) is 0 Å². The van der Waals surface area contributed by atoms with Crippen LogP contribution in [0.25, 0.3) is 43.9 Å². The second-order valence-corrected chi connectivity index (χ2v) is 15.9. The van der Waals surface area contributed by atoms with Crippen molar-refractivity contribution >= 4 is 82.6 Å². The Kier molecular flexibility index (Phi) is 8.37. The summed E-state index contributed by atoms with van der Waals surface area (Å²) < 4.78 is 13.7. The maximum Gasteiger partial charge on any atom is 0.223 e. The number of hydrogen-bond donors (Lipinski definition) is 0. The first kappa shape index (κ1) is 33.5. The van der Waals surface area contributed by atoms with Gasteiger partial charge in [0.2, 0.25) is 16.0 Å². The minimum absolute atomic E-state index is 0.168. The summed E-state index contributed by atoms with van der Waals surface area (Å²) in [7, 11) is 4.28. The second kappa shape index (κ2) is 13.3. The third-order valence-electron chi connectivity index (χ3n) is 12.0. The predicted molar refractivity (Wildman–Crippen MR) is 229 cm³/mol. The van der Waals surface area contributed by atoms with Crippen LogP contribution in [-0.4, -0.2) is 16.0 Å². The van der Waals surface area contributed by atoms with E-state index in [1.165, 1.54) is 70.8 Å². The Labute approximate surface area is 314 Å². The van der Waals surface area contributed by atoms with Crippen molar-refractivity contribution in [3.8, 4) is 0 Å². The van der Waals surface area contributed by atoms with Crippen molar-refractivity contribution in [2.24, 2.45) is 0 Å². The van der Waals surface area contributed by atoms with E-state index >= 15 is 0 Å². The molecule has 9 rings (SSSR count). The Morgan fingerprint density at radius 1 is 0.566 bits per heavy atom. The smallest absolute Gasteiger partial charge is 0.223 e. The monoisotopic (exact) mass is 692 g/mol. The fourth-order valence-electron chi connectivity index (χ4n) is 9.08. The van der Waals surface area contributed by atoms with Crippen molar-refractivity contribution in [2.75, 3.05) is 9.62 Å². The Morgan fingerprint density at radius 2 is 1.11 bits per heavy atom. The lowest BCUT2D eigenvalue weighted by molar-refractivity contribution is 0.442. The summed E-state index contributed by atoms with van der Waals surface area (Å²) in [6, 6.07) is 43.9. The molecule has 2 heterocycles. The van der Waals surface area contributed by atoms with E-state index in [2.05, 4.69) is 168 Å². The van der Waals surface area contributed by atoms with Crippen LogP contribution in [0, 0.1) is 6.92 Å². The van der Waals surface area contributed by atoms with Crippen LogP contribution in [0.3, 0.4) is 0 Å². The molecule has 0 bridgehead atoms. The topological polar surface area (TPSA) is 32.8 Å². The molecule has 0 aliphatic heterocycles. The first-order valence-electron chi connectivity index (χ1n) is 19.3. The highest BCUT2D eigenvalue weighted by atomic mass is 16.3. The van der Waals surface area contributed by atoms with Gasteiger partial charge in [0.1, 0.15) is 11.2 Å². The standard InChI is InChI=1S/C47H46B2N2O2/c1-30-13-7-8-22-40(30)51(49)42-24-12-20-38-36-18-10-21-39(44(36)53-46(38)42)47(2,3)29-31-25-27-33(28-26-31)50(48)41-23-11-19-37-35-17-9-16-34(43(35)52-45(37)41)32-14-5-4-6-15-32/h7-13,16-28,32H,4-6,14-15,29,48-49H2,1-3H3. The molecule has 4 nitrogen and oxygen atoms in total. The summed E-state index contributed by atoms with van der Waals surface area (Å²) >= 11 is 0. The molecule has 0 unspecified atom stereocenters. The Hall–Kier alpha value is -5.35. The molecule has 1 fully saturated rings. The van der Waals surface area contributed by atoms with Gasteiger partial charge in [0.15, 0.2) is 11.2 Å². The maximum atomic E-state index is 6.86. The molecule has 53 heavy (non-hydrogen) atoms. The molecule has 0 amide bonds. The summed E-state index contributed by atoms with van der Waals surface area (Å²) in [4.78, 5) is 4.51. The van der Waals surface area contributed by atoms with Crippen LogP contribution in [0.4, 0.5) is 22.7 Å². The van der Waals surface area contributed by atoms with E-state index in [0.717, 1.165) is 56.6 Å². The molecule has 0 saturated heterocycles. The SMILES string of the molecule is BN(c1ccc(CC(C)(C)c2cccc3c2oc2c(N(B)c4ccccc4C)cccc23)cc1)c1cccc2c1oc1c(C3CCCCC3)cccc12. The fraction of sp³-hybridized carbons (Fsp3) is 0.234. The molecule has 6 aromatic carbocycles. The molecule has 0 radical (unpaired) electrons. The van der Waals surface area contributed by atoms with Gasteiger partial charge in [0.25, 0.3) is 0 Å². The normalized spacial score (nSPS) is 14.1. The van der Waals surface area contributed by atoms with E-state index < -0.39 is 0 Å². The molecule has 0 atom stereocenters. The molecule has 8 aromatic rings. The third-order valence-corrected chi connectivity index (χ3v) is 12.0. The second-order valence-electron chi connectivity index (χ2n) is 15.9. The number of nitrogens with zero attached hydrogens (tertiary/aromatic N) is 2. The summed E-state index contributed by atoms with van der Waals surface area (Å²) in [5.74, 6) is 0.591. The molecule has 1 aliphatic rings. The van der Waals surface area contributed by atoms with E-state index in [-0.39, 0.29) is 5.41 Å². The van der Waals surface area contributed by atoms with Crippen LogP contribution in [-0.2, 0) is 11.8 Å². The van der Waals surface area contributed by atoms with Gasteiger partial charge in [0, 0.05) is 38.5 Å². The zero-order valence-electron chi connectivity index (χ0n) is 31.6. The highest BCUT2D eigenvalue weighted by Crippen LogP contribution is 2.44. The first-order chi connectivity index (χ1) is 25.8. The van der Waals surface area contributed by atoms with E-state index in [4.69, 9.17) is 8.83 Å². The van der Waals surface area contributed by atoms with E-state index in [1.807, 2.05) is 0 Å². The summed E-state index contributed by atoms with van der Waals surface area (Å²) in [6.07, 6.45) is 7.37. The fourth-order valence-corrected chi connectivity index (χ4v) is 9.08. The first-order valence-corrected chi connectivity index (χ1v) is 19.3. The number of benzene rings is 6. The molecule has 6 heteroatoms. The zero-order valence-corrected chi connectivity index (χ0v) is 31.6. The van der Waals surface area contributed by atoms with Crippen LogP contribution in [0.2, 0.25) is 0 Å². The lowest BCUT2D eigenvalue weighted by Gasteiger charge is -2.26. The molecule has 0 spiro atoms. The van der Waals surface area contributed by atoms with E-state index in [1.54, 1.807) is 0 Å². The van der Waals surface area contributed by atoms with E-state index in [0.29, 0.717) is 5.92 Å². The van der Waals surface area contributed by atoms with Gasteiger partial charge in [-0.05, 0) is 84.5 Å². The Bertz CT molecular complexity index is 2610. The van der Waals surface area contributed by atoms with E-state index in [9.17, 15) is 0 Å². The van der Waals surface area contributed by atoms with Crippen molar-refractivity contribution in [1.82, 2.24) is 0 Å². The zero-order chi connectivity index (χ0) is 36.3. The maximum absolute atomic E-state index is 6.86. The van der Waals surface area contributed by atoms with Gasteiger partial charge < -0.3 is 18.5 Å². The number of fused-ring (bicyclic) bond motifs is 6. The minimum Gasteiger partial charge on any atom is -0.454 e. The number of hydrogen-bond acceptors (Lipinski definition) is 4. The highest BCUT2D eigenvalue weighted by molar-refractivity contribution is 6.26. The molecule has 2 aromatic heterocycles. The van der Waals surface area contributed by atoms with Crippen LogP contribution < -0.4 is 9.62 Å². The Balaban J connectivity index is 1.01. The van der Waals surface area contributed by atoms with Gasteiger partial charge in [-0.2, -0.15) is 0 Å². The number of aryl methyl sites for hydroxylation is 1. The summed E-state index contributed by atoms with van der Waals surface area (Å²) in [6.45, 7) is 6.82. The van der Waals surface area contributed by atoms with Crippen molar-refractivity contribution in [2.45, 2.75) is 70.6 Å². The number of furan rings is 2. The van der Waals surface area contributed by atoms with Gasteiger partial charge in [-0.15, -0.1) is 0 Å². The Morgan fingerprint density at radius 3 is 1.79 bits per heavy atom. The van der Waals surface area contributed by atoms with Crippen LogP contribution in [0.15, 0.2) is 130 Å². The van der Waals surface area contributed by atoms with Crippen molar-refractivity contribution in [3.63, 3.8) is 0 Å². The van der Waals surface area contributed by atoms with Gasteiger partial charge in [-0.25, -0.2) is 0 Å². The van der Waals surface area contributed by atoms with Crippen LogP contribution in [0.1, 0.15) is 74.1 Å². The average molecular weight is 693 g/mol. The molecular formula is C47H46B2N2O2. The van der Waals surface area contributed by atoms with Crippen molar-refractivity contribution in [3.05, 3.63) is 144 Å². The number of para-hydroxylation sites is 5. The molecule has 1 saturated carbocycles. The minimum atomic E-state index is -0.168. The molecule has 0 N–H and O–H groups in total. The van der Waals surface area contributed by atoms with Gasteiger partial charge in [0.05, 0.1) is 11.4 Å². The third kappa shape index (κ3) is 5.80.